The van der Waals surface area contributed by atoms with E-state index in [4.69, 9.17) is 14.2 Å². The van der Waals surface area contributed by atoms with Crippen molar-refractivity contribution in [3.8, 4) is 11.5 Å². The van der Waals surface area contributed by atoms with E-state index in [9.17, 15) is 0 Å². The summed E-state index contributed by atoms with van der Waals surface area (Å²) in [6, 6.07) is 5.00. The van der Waals surface area contributed by atoms with E-state index < -0.39 is 0 Å². The quantitative estimate of drug-likeness (QED) is 0.835. The minimum Gasteiger partial charge on any atom is -0.493 e. The van der Waals surface area contributed by atoms with E-state index in [1.807, 2.05) is 7.11 Å². The fourth-order valence-electron chi connectivity index (χ4n) is 6.15. The van der Waals surface area contributed by atoms with E-state index in [2.05, 4.69) is 24.1 Å². The van der Waals surface area contributed by atoms with Gasteiger partial charge in [0.15, 0.2) is 11.5 Å². The van der Waals surface area contributed by atoms with Gasteiger partial charge in [-0.2, -0.15) is 0 Å². The molecule has 1 aromatic carbocycles. The Morgan fingerprint density at radius 3 is 2.92 bits per heavy atom. The molecule has 24 heavy (non-hydrogen) atoms. The maximum absolute atomic E-state index is 6.56. The number of ether oxygens (including phenoxy) is 3. The Kier molecular flexibility index (Phi) is 3.21. The van der Waals surface area contributed by atoms with Crippen LogP contribution in [0.15, 0.2) is 12.1 Å². The van der Waals surface area contributed by atoms with Crippen molar-refractivity contribution >= 4 is 0 Å². The monoisotopic (exact) mass is 329 g/mol. The first kappa shape index (κ1) is 15.0. The minimum absolute atomic E-state index is 0.143. The molecule has 6 rings (SSSR count). The number of hydrogen-bond donors (Lipinski definition) is 0. The van der Waals surface area contributed by atoms with Gasteiger partial charge >= 0.3 is 0 Å². The van der Waals surface area contributed by atoms with E-state index in [1.165, 1.54) is 24.1 Å². The van der Waals surface area contributed by atoms with Crippen LogP contribution in [0.5, 0.6) is 11.5 Å². The van der Waals surface area contributed by atoms with Gasteiger partial charge in [0, 0.05) is 25.3 Å². The Labute approximate surface area is 144 Å². The van der Waals surface area contributed by atoms with Gasteiger partial charge < -0.3 is 19.1 Å². The van der Waals surface area contributed by atoms with Crippen molar-refractivity contribution in [3.63, 3.8) is 0 Å². The summed E-state index contributed by atoms with van der Waals surface area (Å²) in [6.07, 6.45) is 6.07. The van der Waals surface area contributed by atoms with Crippen LogP contribution < -0.4 is 9.47 Å². The van der Waals surface area contributed by atoms with E-state index in [0.29, 0.717) is 17.4 Å². The van der Waals surface area contributed by atoms with Gasteiger partial charge in [-0.1, -0.05) is 6.07 Å². The third-order valence-electron chi connectivity index (χ3n) is 7.30. The van der Waals surface area contributed by atoms with Gasteiger partial charge in [-0.3, -0.25) is 0 Å². The zero-order valence-electron chi connectivity index (χ0n) is 14.9. The Hall–Kier alpha value is -1.26. The standard InChI is InChI=1S/C20H27NO3/c1-21-11-20-7-6-16(18(10-20)23-3)24-19-13-9-14(20)15(21)8-12(13)4-5-17(19)22-2/h4-5,14-16,18H,6-11H2,1-3H3/t14-,15-,16-,18+,20?/m1/s1. The first-order valence-electron chi connectivity index (χ1n) is 9.23. The minimum atomic E-state index is 0.143. The molecule has 2 aliphatic carbocycles. The van der Waals surface area contributed by atoms with Crippen LogP contribution in [0, 0.1) is 11.3 Å². The van der Waals surface area contributed by atoms with Crippen LogP contribution >= 0.6 is 0 Å². The normalized spacial score (nSPS) is 39.8. The third kappa shape index (κ3) is 1.87. The summed E-state index contributed by atoms with van der Waals surface area (Å²) in [5, 5.41) is 0. The van der Waals surface area contributed by atoms with Crippen molar-refractivity contribution in [2.75, 3.05) is 27.8 Å². The molecule has 5 aliphatic rings. The summed E-state index contributed by atoms with van der Waals surface area (Å²) in [7, 11) is 5.91. The van der Waals surface area contributed by atoms with Crippen LogP contribution in [-0.4, -0.2) is 51.0 Å². The maximum atomic E-state index is 6.56. The summed E-state index contributed by atoms with van der Waals surface area (Å²) < 4.78 is 18.1. The maximum Gasteiger partial charge on any atom is 0.165 e. The lowest BCUT2D eigenvalue weighted by molar-refractivity contribution is -0.0691. The Morgan fingerprint density at radius 2 is 2.12 bits per heavy atom. The van der Waals surface area contributed by atoms with Crippen molar-refractivity contribution in [2.45, 2.75) is 50.4 Å². The van der Waals surface area contributed by atoms with Crippen molar-refractivity contribution < 1.29 is 14.2 Å². The van der Waals surface area contributed by atoms with Gasteiger partial charge in [0.25, 0.3) is 0 Å². The molecule has 0 N–H and O–H groups in total. The predicted molar refractivity (Wildman–Crippen MR) is 91.8 cm³/mol. The lowest BCUT2D eigenvalue weighted by Crippen LogP contribution is -2.47. The van der Waals surface area contributed by atoms with Crippen molar-refractivity contribution in [1.82, 2.24) is 4.90 Å². The molecule has 1 saturated carbocycles. The fourth-order valence-corrected chi connectivity index (χ4v) is 6.15. The highest BCUT2D eigenvalue weighted by atomic mass is 16.5. The second-order valence-corrected chi connectivity index (χ2v) is 8.27. The molecule has 1 aromatic rings. The Bertz CT molecular complexity index is 675. The van der Waals surface area contributed by atoms with Crippen LogP contribution in [-0.2, 0) is 17.6 Å². The summed E-state index contributed by atoms with van der Waals surface area (Å²) in [5.41, 5.74) is 3.24. The van der Waals surface area contributed by atoms with Crippen molar-refractivity contribution in [3.05, 3.63) is 23.3 Å². The topological polar surface area (TPSA) is 30.9 Å². The SMILES string of the molecule is COc1ccc2c3c1O[C@@H]1CCC4(C[C@@H]1OC)CN(C)[C@H](C2)[C@H]4C3. The van der Waals surface area contributed by atoms with E-state index in [-0.39, 0.29) is 12.2 Å². The van der Waals surface area contributed by atoms with Crippen LogP contribution in [0.2, 0.25) is 0 Å². The van der Waals surface area contributed by atoms with E-state index in [0.717, 1.165) is 37.2 Å². The number of likely N-dealkylation sites (N-methyl/N-ethyl adjacent to an activating group) is 1. The van der Waals surface area contributed by atoms with Gasteiger partial charge in [-0.25, -0.2) is 0 Å². The number of benzene rings is 1. The van der Waals surface area contributed by atoms with Gasteiger partial charge in [-0.15, -0.1) is 0 Å². The fraction of sp³-hybridized carbons (Fsp3) is 0.700. The number of hydrogen-bond acceptors (Lipinski definition) is 4. The molecule has 3 aliphatic heterocycles. The van der Waals surface area contributed by atoms with Gasteiger partial charge in [-0.05, 0) is 62.1 Å². The predicted octanol–water partition coefficient (Wildman–Crippen LogP) is 2.67. The second-order valence-electron chi connectivity index (χ2n) is 8.27. The molecule has 4 nitrogen and oxygen atoms in total. The molecule has 0 amide bonds. The molecule has 1 unspecified atom stereocenters. The zero-order chi connectivity index (χ0) is 16.5. The zero-order valence-corrected chi connectivity index (χ0v) is 14.9. The third-order valence-corrected chi connectivity index (χ3v) is 7.30. The number of nitrogens with zero attached hydrogens (tertiary/aromatic N) is 1. The molecule has 0 radical (unpaired) electrons. The molecule has 4 heteroatoms. The number of methoxy groups -OCH3 is 2. The first-order chi connectivity index (χ1) is 11.6. The van der Waals surface area contributed by atoms with Crippen molar-refractivity contribution in [1.29, 1.82) is 0 Å². The smallest absolute Gasteiger partial charge is 0.165 e. The molecule has 130 valence electrons. The molecule has 0 aromatic heterocycles. The van der Waals surface area contributed by atoms with Gasteiger partial charge in [0.1, 0.15) is 6.10 Å². The van der Waals surface area contributed by atoms with Crippen LogP contribution in [0.4, 0.5) is 0 Å². The highest BCUT2D eigenvalue weighted by molar-refractivity contribution is 5.53. The molecule has 2 fully saturated rings. The lowest BCUT2D eigenvalue weighted by Gasteiger charge is -2.44. The average Bonchev–Trinajstić information content (AvgIpc) is 2.90. The molecule has 4 bridgehead atoms. The number of rotatable bonds is 2. The molecular weight excluding hydrogens is 302 g/mol. The summed E-state index contributed by atoms with van der Waals surface area (Å²) in [5.74, 6) is 2.58. The average molecular weight is 329 g/mol. The van der Waals surface area contributed by atoms with Crippen LogP contribution in [0.25, 0.3) is 0 Å². The summed E-state index contributed by atoms with van der Waals surface area (Å²) in [6.45, 7) is 1.20. The lowest BCUT2D eigenvalue weighted by atomic mass is 9.61. The van der Waals surface area contributed by atoms with Gasteiger partial charge in [0.05, 0.1) is 13.2 Å². The van der Waals surface area contributed by atoms with Gasteiger partial charge in [0.2, 0.25) is 0 Å². The molecule has 3 heterocycles. The Morgan fingerprint density at radius 1 is 1.25 bits per heavy atom. The highest BCUT2D eigenvalue weighted by Crippen LogP contribution is 2.57. The Balaban J connectivity index is 1.72. The first-order valence-corrected chi connectivity index (χ1v) is 9.23. The largest absolute Gasteiger partial charge is 0.493 e. The van der Waals surface area contributed by atoms with Crippen LogP contribution in [0.1, 0.15) is 30.4 Å². The van der Waals surface area contributed by atoms with E-state index >= 15 is 0 Å². The summed E-state index contributed by atoms with van der Waals surface area (Å²) >= 11 is 0. The highest BCUT2D eigenvalue weighted by Gasteiger charge is 2.57. The number of fused-ring (bicyclic) bond motifs is 2. The summed E-state index contributed by atoms with van der Waals surface area (Å²) in [4.78, 5) is 2.62. The van der Waals surface area contributed by atoms with Crippen molar-refractivity contribution in [2.24, 2.45) is 11.3 Å². The molecule has 5 atom stereocenters. The van der Waals surface area contributed by atoms with Crippen LogP contribution in [0.3, 0.4) is 0 Å². The van der Waals surface area contributed by atoms with E-state index in [1.54, 1.807) is 7.11 Å². The molecule has 1 saturated heterocycles. The molecule has 1 spiro atoms. The molecular formula is C20H27NO3. The number of likely N-dealkylation sites (tertiary alicyclic amines) is 1. The second kappa shape index (κ2) is 5.12.